The largest absolute Gasteiger partial charge is 0.394 e. The van der Waals surface area contributed by atoms with Gasteiger partial charge in [-0.15, -0.1) is 0 Å². The zero-order chi connectivity index (χ0) is 4.99. The minimum absolute atomic E-state index is 0.177. The van der Waals surface area contributed by atoms with Crippen LogP contribution in [0.15, 0.2) is 0 Å². The van der Waals surface area contributed by atoms with Gasteiger partial charge >= 0.3 is 0 Å². The lowest BCUT2D eigenvalue weighted by Crippen LogP contribution is -2.08. The van der Waals surface area contributed by atoms with Crippen LogP contribution in [0.2, 0.25) is 0 Å². The van der Waals surface area contributed by atoms with Crippen LogP contribution in [-0.4, -0.2) is 22.9 Å². The van der Waals surface area contributed by atoms with Gasteiger partial charge in [0.25, 0.3) is 0 Å². The van der Waals surface area contributed by atoms with E-state index in [0.29, 0.717) is 6.42 Å². The first-order chi connectivity index (χ1) is 2.81. The van der Waals surface area contributed by atoms with Gasteiger partial charge in [-0.25, -0.2) is 0 Å². The summed E-state index contributed by atoms with van der Waals surface area (Å²) in [4.78, 5) is 0. The number of aliphatic hydroxyl groups excluding tert-OH is 2. The molecule has 0 saturated carbocycles. The van der Waals surface area contributed by atoms with Gasteiger partial charge in [0.05, 0.1) is 12.7 Å². The Morgan fingerprint density at radius 2 is 2.17 bits per heavy atom. The molecule has 0 aromatic heterocycles. The standard InChI is InChI=1S/C4H9O2/c1-2-4(6)3-5/h4-6H,1-3H2/t4-/m1/s1. The van der Waals surface area contributed by atoms with E-state index in [9.17, 15) is 0 Å². The SMILES string of the molecule is [CH2]C[C@@H](O)CO. The lowest BCUT2D eigenvalue weighted by molar-refractivity contribution is 0.0971. The fraction of sp³-hybridized carbons (Fsp3) is 0.750. The molecule has 0 heterocycles. The van der Waals surface area contributed by atoms with E-state index in [1.807, 2.05) is 0 Å². The topological polar surface area (TPSA) is 40.5 Å². The fourth-order valence-corrected chi connectivity index (χ4v) is 0.0913. The highest BCUT2D eigenvalue weighted by atomic mass is 16.3. The molecule has 6 heavy (non-hydrogen) atoms. The summed E-state index contributed by atoms with van der Waals surface area (Å²) in [5.41, 5.74) is 0. The summed E-state index contributed by atoms with van der Waals surface area (Å²) in [6, 6.07) is 0. The third-order valence-electron chi connectivity index (χ3n) is 0.544. The van der Waals surface area contributed by atoms with Crippen molar-refractivity contribution in [2.75, 3.05) is 6.61 Å². The Morgan fingerprint density at radius 1 is 1.67 bits per heavy atom. The van der Waals surface area contributed by atoms with Crippen LogP contribution < -0.4 is 0 Å². The lowest BCUT2D eigenvalue weighted by Gasteiger charge is -1.97. The Kier molecular flexibility index (Phi) is 3.08. The molecule has 0 fully saturated rings. The zero-order valence-corrected chi connectivity index (χ0v) is 3.59. The molecular formula is C4H9O2. The highest BCUT2D eigenvalue weighted by Gasteiger charge is 1.92. The Bertz CT molecular complexity index is 24.7. The lowest BCUT2D eigenvalue weighted by atomic mass is 10.3. The molecule has 1 radical (unpaired) electrons. The van der Waals surface area contributed by atoms with Gasteiger partial charge in [0.2, 0.25) is 0 Å². The van der Waals surface area contributed by atoms with Crippen molar-refractivity contribution in [3.8, 4) is 0 Å². The predicted molar refractivity (Wildman–Crippen MR) is 23.1 cm³/mol. The fourth-order valence-electron chi connectivity index (χ4n) is 0.0913. The Balaban J connectivity index is 2.75. The quantitative estimate of drug-likeness (QED) is 0.481. The Morgan fingerprint density at radius 3 is 2.17 bits per heavy atom. The molecule has 0 aromatic carbocycles. The van der Waals surface area contributed by atoms with Crippen molar-refractivity contribution < 1.29 is 10.2 Å². The van der Waals surface area contributed by atoms with E-state index in [-0.39, 0.29) is 6.61 Å². The molecule has 1 atom stereocenters. The summed E-state index contributed by atoms with van der Waals surface area (Å²) in [5.74, 6) is 0. The number of hydrogen-bond acceptors (Lipinski definition) is 2. The van der Waals surface area contributed by atoms with Crippen molar-refractivity contribution in [2.45, 2.75) is 12.5 Å². The normalized spacial score (nSPS) is 14.5. The molecule has 37 valence electrons. The highest BCUT2D eigenvalue weighted by molar-refractivity contribution is 4.51. The summed E-state index contributed by atoms with van der Waals surface area (Å²) in [6.45, 7) is 3.17. The maximum atomic E-state index is 8.35. The van der Waals surface area contributed by atoms with Crippen LogP contribution in [0.4, 0.5) is 0 Å². The Labute approximate surface area is 37.4 Å². The van der Waals surface area contributed by atoms with E-state index >= 15 is 0 Å². The minimum atomic E-state index is -0.620. The molecule has 0 unspecified atom stereocenters. The van der Waals surface area contributed by atoms with Crippen molar-refractivity contribution in [1.82, 2.24) is 0 Å². The first-order valence-corrected chi connectivity index (χ1v) is 1.89. The molecule has 2 N–H and O–H groups in total. The minimum Gasteiger partial charge on any atom is -0.394 e. The number of aliphatic hydroxyl groups is 2. The molecule has 0 spiro atoms. The van der Waals surface area contributed by atoms with Gasteiger partial charge in [0.1, 0.15) is 0 Å². The highest BCUT2D eigenvalue weighted by Crippen LogP contribution is 1.82. The number of hydrogen-bond donors (Lipinski definition) is 2. The first kappa shape index (κ1) is 5.92. The molecule has 2 heteroatoms. The first-order valence-electron chi connectivity index (χ1n) is 1.89. The predicted octanol–water partition coefficient (Wildman–Crippen LogP) is -0.436. The molecule has 0 amide bonds. The molecule has 0 aromatic rings. The summed E-state index contributed by atoms with van der Waals surface area (Å²) >= 11 is 0. The van der Waals surface area contributed by atoms with Crippen molar-refractivity contribution in [2.24, 2.45) is 0 Å². The summed E-state index contributed by atoms with van der Waals surface area (Å²) in [5, 5.41) is 16.4. The third kappa shape index (κ3) is 2.18. The molecular weight excluding hydrogens is 80.0 g/mol. The second-order valence-electron chi connectivity index (χ2n) is 1.13. The van der Waals surface area contributed by atoms with Crippen molar-refractivity contribution >= 4 is 0 Å². The van der Waals surface area contributed by atoms with Crippen LogP contribution in [-0.2, 0) is 0 Å². The average Bonchev–Trinajstić information content (AvgIpc) is 1.65. The second-order valence-corrected chi connectivity index (χ2v) is 1.13. The second kappa shape index (κ2) is 3.12. The molecule has 0 bridgehead atoms. The van der Waals surface area contributed by atoms with E-state index in [1.165, 1.54) is 0 Å². The summed E-state index contributed by atoms with van der Waals surface area (Å²) in [7, 11) is 0. The van der Waals surface area contributed by atoms with Crippen molar-refractivity contribution in [3.05, 3.63) is 6.92 Å². The monoisotopic (exact) mass is 89.1 g/mol. The van der Waals surface area contributed by atoms with Gasteiger partial charge < -0.3 is 10.2 Å². The van der Waals surface area contributed by atoms with Crippen LogP contribution in [0.5, 0.6) is 0 Å². The smallest absolute Gasteiger partial charge is 0.0770 e. The van der Waals surface area contributed by atoms with Gasteiger partial charge in [-0.3, -0.25) is 0 Å². The molecule has 0 aliphatic heterocycles. The van der Waals surface area contributed by atoms with Gasteiger partial charge in [-0.05, 0) is 6.42 Å². The molecule has 0 saturated heterocycles. The van der Waals surface area contributed by atoms with Crippen molar-refractivity contribution in [3.63, 3.8) is 0 Å². The maximum Gasteiger partial charge on any atom is 0.0770 e. The van der Waals surface area contributed by atoms with E-state index in [1.54, 1.807) is 0 Å². The van der Waals surface area contributed by atoms with Gasteiger partial charge in [0, 0.05) is 0 Å². The van der Waals surface area contributed by atoms with Crippen LogP contribution in [0, 0.1) is 6.92 Å². The van der Waals surface area contributed by atoms with Crippen LogP contribution >= 0.6 is 0 Å². The van der Waals surface area contributed by atoms with Gasteiger partial charge in [-0.1, -0.05) is 6.92 Å². The van der Waals surface area contributed by atoms with E-state index in [4.69, 9.17) is 10.2 Å². The molecule has 0 aliphatic carbocycles. The van der Waals surface area contributed by atoms with E-state index in [0.717, 1.165) is 0 Å². The van der Waals surface area contributed by atoms with E-state index in [2.05, 4.69) is 6.92 Å². The van der Waals surface area contributed by atoms with Crippen LogP contribution in [0.1, 0.15) is 6.42 Å². The zero-order valence-electron chi connectivity index (χ0n) is 3.59. The number of rotatable bonds is 2. The molecule has 0 rings (SSSR count). The van der Waals surface area contributed by atoms with Crippen LogP contribution in [0.25, 0.3) is 0 Å². The Hall–Kier alpha value is -0.0800. The van der Waals surface area contributed by atoms with Gasteiger partial charge in [-0.2, -0.15) is 0 Å². The third-order valence-corrected chi connectivity index (χ3v) is 0.544. The average molecular weight is 89.1 g/mol. The maximum absolute atomic E-state index is 8.35. The van der Waals surface area contributed by atoms with Crippen LogP contribution in [0.3, 0.4) is 0 Å². The van der Waals surface area contributed by atoms with E-state index < -0.39 is 6.10 Å². The van der Waals surface area contributed by atoms with Crippen molar-refractivity contribution in [1.29, 1.82) is 0 Å². The summed E-state index contributed by atoms with van der Waals surface area (Å²) in [6.07, 6.45) is -0.235. The van der Waals surface area contributed by atoms with Gasteiger partial charge in [0.15, 0.2) is 0 Å². The summed E-state index contributed by atoms with van der Waals surface area (Å²) < 4.78 is 0. The molecule has 2 nitrogen and oxygen atoms in total. The molecule has 0 aliphatic rings.